The summed E-state index contributed by atoms with van der Waals surface area (Å²) in [6, 6.07) is 23.2. The number of halogens is 3. The highest BCUT2D eigenvalue weighted by Gasteiger charge is 2.38. The Hall–Kier alpha value is -3.94. The van der Waals surface area contributed by atoms with Crippen LogP contribution in [0.2, 0.25) is 0 Å². The molecule has 13 heteroatoms. The van der Waals surface area contributed by atoms with E-state index >= 15 is 0 Å². The second kappa shape index (κ2) is 13.4. The number of aryl methyl sites for hydroxylation is 2. The summed E-state index contributed by atoms with van der Waals surface area (Å²) < 4.78 is 61.8. The maximum Gasteiger partial charge on any atom is 0.490 e. The maximum atomic E-state index is 12.6. The first-order valence-corrected chi connectivity index (χ1v) is 14.4. The predicted molar refractivity (Wildman–Crippen MR) is 154 cm³/mol. The summed E-state index contributed by atoms with van der Waals surface area (Å²) >= 11 is 0. The first-order valence-electron chi connectivity index (χ1n) is 12.9. The van der Waals surface area contributed by atoms with Gasteiger partial charge in [-0.3, -0.25) is 4.72 Å². The minimum atomic E-state index is -5.08. The number of imidazole rings is 1. The Morgan fingerprint density at radius 3 is 2.26 bits per heavy atom. The van der Waals surface area contributed by atoms with Gasteiger partial charge in [0.2, 0.25) is 0 Å². The highest BCUT2D eigenvalue weighted by atomic mass is 32.2. The van der Waals surface area contributed by atoms with Gasteiger partial charge in [-0.05, 0) is 69.2 Å². The molecule has 226 valence electrons. The Kier molecular flexibility index (Phi) is 10.4. The number of aliphatic hydroxyl groups is 1. The van der Waals surface area contributed by atoms with Gasteiger partial charge in [-0.2, -0.15) is 13.2 Å². The number of nitrogens with zero attached hydrogens (tertiary/aromatic N) is 2. The molecule has 0 aliphatic rings. The molecule has 1 atom stereocenters. The summed E-state index contributed by atoms with van der Waals surface area (Å²) in [6.07, 6.45) is -5.02. The van der Waals surface area contributed by atoms with Crippen molar-refractivity contribution < 1.29 is 36.6 Å². The van der Waals surface area contributed by atoms with E-state index in [-0.39, 0.29) is 10.4 Å². The molecule has 0 aliphatic heterocycles. The maximum absolute atomic E-state index is 12.6. The van der Waals surface area contributed by atoms with E-state index in [9.17, 15) is 26.7 Å². The highest BCUT2D eigenvalue weighted by molar-refractivity contribution is 7.92. The summed E-state index contributed by atoms with van der Waals surface area (Å²) in [5.41, 5.74) is 2.93. The lowest BCUT2D eigenvalue weighted by Crippen LogP contribution is -2.42. The summed E-state index contributed by atoms with van der Waals surface area (Å²) in [6.45, 7) is 7.38. The minimum absolute atomic E-state index is 0.190. The van der Waals surface area contributed by atoms with E-state index in [0.29, 0.717) is 17.8 Å². The second-order valence-corrected chi connectivity index (χ2v) is 11.9. The molecule has 1 heterocycles. The fourth-order valence-electron chi connectivity index (χ4n) is 4.07. The summed E-state index contributed by atoms with van der Waals surface area (Å²) in [7, 11) is -3.69. The van der Waals surface area contributed by atoms with Crippen molar-refractivity contribution >= 4 is 32.7 Å². The van der Waals surface area contributed by atoms with Crippen LogP contribution in [0.15, 0.2) is 83.8 Å². The van der Waals surface area contributed by atoms with E-state index in [1.54, 1.807) is 54.6 Å². The molecule has 0 saturated carbocycles. The summed E-state index contributed by atoms with van der Waals surface area (Å²) in [5.74, 6) is -1.77. The molecule has 0 fully saturated rings. The Morgan fingerprint density at radius 2 is 1.62 bits per heavy atom. The van der Waals surface area contributed by atoms with Crippen molar-refractivity contribution in [2.24, 2.45) is 0 Å². The van der Waals surface area contributed by atoms with Crippen LogP contribution in [0, 0.1) is 6.92 Å². The number of hydrogen-bond donors (Lipinski definition) is 4. The lowest BCUT2D eigenvalue weighted by Gasteiger charge is -2.28. The fourth-order valence-corrected chi connectivity index (χ4v) is 5.14. The van der Waals surface area contributed by atoms with Crippen LogP contribution >= 0.6 is 0 Å². The normalized spacial score (nSPS) is 12.8. The molecule has 0 radical (unpaired) electrons. The average Bonchev–Trinajstić information content (AvgIpc) is 3.25. The van der Waals surface area contributed by atoms with Gasteiger partial charge in [0.05, 0.1) is 22.0 Å². The van der Waals surface area contributed by atoms with Gasteiger partial charge in [0, 0.05) is 24.3 Å². The van der Waals surface area contributed by atoms with Crippen LogP contribution in [-0.4, -0.2) is 52.4 Å². The van der Waals surface area contributed by atoms with Crippen molar-refractivity contribution in [2.75, 3.05) is 11.3 Å². The average molecular weight is 607 g/mol. The highest BCUT2D eigenvalue weighted by Crippen LogP contribution is 2.23. The zero-order valence-corrected chi connectivity index (χ0v) is 24.1. The number of hydrogen-bond acceptors (Lipinski definition) is 6. The lowest BCUT2D eigenvalue weighted by molar-refractivity contribution is -0.192. The molecular weight excluding hydrogens is 573 g/mol. The van der Waals surface area contributed by atoms with Gasteiger partial charge in [0.1, 0.15) is 5.82 Å². The second-order valence-electron chi connectivity index (χ2n) is 10.2. The number of rotatable bonds is 10. The van der Waals surface area contributed by atoms with E-state index in [4.69, 9.17) is 9.90 Å². The van der Waals surface area contributed by atoms with Crippen LogP contribution in [0.3, 0.4) is 0 Å². The van der Waals surface area contributed by atoms with Crippen molar-refractivity contribution in [1.29, 1.82) is 0 Å². The Morgan fingerprint density at radius 1 is 1.00 bits per heavy atom. The molecule has 42 heavy (non-hydrogen) atoms. The number of aromatic nitrogens is 2. The lowest BCUT2D eigenvalue weighted by atomic mass is 9.99. The molecule has 1 unspecified atom stereocenters. The molecule has 9 nitrogen and oxygen atoms in total. The van der Waals surface area contributed by atoms with Gasteiger partial charge >= 0.3 is 12.1 Å². The third kappa shape index (κ3) is 9.03. The number of anilines is 1. The molecule has 4 rings (SSSR count). The number of aliphatic hydroxyl groups excluding tert-OH is 1. The van der Waals surface area contributed by atoms with Crippen LogP contribution in [0.4, 0.5) is 18.9 Å². The van der Waals surface area contributed by atoms with E-state index in [0.717, 1.165) is 29.8 Å². The van der Waals surface area contributed by atoms with Crippen LogP contribution in [0.1, 0.15) is 37.8 Å². The Labute approximate surface area is 242 Å². The molecule has 0 aliphatic carbocycles. The number of β-amino-alcohol motifs (C(OH)–C–C–N with tert-alkyl or cyclic N) is 1. The van der Waals surface area contributed by atoms with E-state index < -0.39 is 28.3 Å². The molecule has 1 aromatic heterocycles. The standard InChI is InChI=1S/C27H32N4O3S.C2HF3O2/c1-20-29-24-14-7-8-15-25(24)31(20)17-16-27(2,3)28-19-26(32)21-10-9-11-22(18-21)30-35(33,34)23-12-5-4-6-13-23;3-2(4,5)1(6)7/h4-15,18,26,28,30,32H,16-17,19H2,1-3H3;(H,6,7). The van der Waals surface area contributed by atoms with Crippen LogP contribution in [0.5, 0.6) is 0 Å². The smallest absolute Gasteiger partial charge is 0.475 e. The van der Waals surface area contributed by atoms with Crippen LogP contribution in [-0.2, 0) is 21.4 Å². The van der Waals surface area contributed by atoms with Gasteiger partial charge in [0.15, 0.2) is 0 Å². The number of sulfonamides is 1. The van der Waals surface area contributed by atoms with E-state index in [2.05, 4.69) is 39.5 Å². The quantitative estimate of drug-likeness (QED) is 0.193. The topological polar surface area (TPSA) is 134 Å². The van der Waals surface area contributed by atoms with Crippen LogP contribution in [0.25, 0.3) is 11.0 Å². The molecular formula is C29H33F3N4O5S. The first-order chi connectivity index (χ1) is 19.6. The largest absolute Gasteiger partial charge is 0.490 e. The molecule has 0 saturated heterocycles. The monoisotopic (exact) mass is 606 g/mol. The van der Waals surface area contributed by atoms with Gasteiger partial charge in [-0.1, -0.05) is 42.5 Å². The molecule has 0 bridgehead atoms. The van der Waals surface area contributed by atoms with Gasteiger partial charge in [-0.15, -0.1) is 0 Å². The predicted octanol–water partition coefficient (Wildman–Crippen LogP) is 5.27. The first kappa shape index (κ1) is 32.6. The number of carboxylic acid groups (broad SMARTS) is 1. The van der Waals surface area contributed by atoms with Crippen molar-refractivity contribution in [3.63, 3.8) is 0 Å². The molecule has 4 aromatic rings. The third-order valence-electron chi connectivity index (χ3n) is 6.40. The summed E-state index contributed by atoms with van der Waals surface area (Å²) in [5, 5.41) is 21.4. The third-order valence-corrected chi connectivity index (χ3v) is 7.80. The zero-order chi connectivity index (χ0) is 31.1. The van der Waals surface area contributed by atoms with Gasteiger partial charge in [0.25, 0.3) is 10.0 Å². The Balaban J connectivity index is 0.000000616. The number of fused-ring (bicyclic) bond motifs is 1. The Bertz CT molecular complexity index is 1610. The number of para-hydroxylation sites is 2. The molecule has 4 N–H and O–H groups in total. The van der Waals surface area contributed by atoms with E-state index in [1.165, 1.54) is 0 Å². The van der Waals surface area contributed by atoms with Crippen LogP contribution < -0.4 is 10.0 Å². The number of carboxylic acids is 1. The van der Waals surface area contributed by atoms with Crippen molar-refractivity contribution in [3.05, 3.63) is 90.3 Å². The number of carbonyl (C=O) groups is 1. The van der Waals surface area contributed by atoms with Gasteiger partial charge < -0.3 is 20.1 Å². The summed E-state index contributed by atoms with van der Waals surface area (Å²) in [4.78, 5) is 13.7. The molecule has 0 amide bonds. The molecule has 0 spiro atoms. The van der Waals surface area contributed by atoms with Crippen molar-refractivity contribution in [2.45, 2.75) is 56.5 Å². The van der Waals surface area contributed by atoms with Crippen molar-refractivity contribution in [1.82, 2.24) is 14.9 Å². The minimum Gasteiger partial charge on any atom is -0.475 e. The van der Waals surface area contributed by atoms with Crippen molar-refractivity contribution in [3.8, 4) is 0 Å². The number of alkyl halides is 3. The SMILES string of the molecule is Cc1nc2ccccc2n1CCC(C)(C)NCC(O)c1cccc(NS(=O)(=O)c2ccccc2)c1.O=C(O)C(F)(F)F. The number of aliphatic carboxylic acids is 1. The zero-order valence-electron chi connectivity index (χ0n) is 23.3. The van der Waals surface area contributed by atoms with E-state index in [1.807, 2.05) is 25.1 Å². The number of benzene rings is 3. The fraction of sp³-hybridized carbons (Fsp3) is 0.310. The van der Waals surface area contributed by atoms with Gasteiger partial charge in [-0.25, -0.2) is 18.2 Å². The molecule has 3 aromatic carbocycles. The number of nitrogens with one attached hydrogen (secondary N) is 2.